The van der Waals surface area contributed by atoms with Crippen LogP contribution in [0.5, 0.6) is 11.6 Å². The number of halogens is 3. The number of hydrogen-bond acceptors (Lipinski definition) is 9. The fourth-order valence-electron chi connectivity index (χ4n) is 6.91. The number of rotatable bonds is 3. The van der Waals surface area contributed by atoms with Crippen LogP contribution in [0.1, 0.15) is 77.7 Å². The highest BCUT2D eigenvalue weighted by molar-refractivity contribution is 5.91. The van der Waals surface area contributed by atoms with Crippen molar-refractivity contribution in [3.63, 3.8) is 0 Å². The number of nitrogens with one attached hydrogen (secondary N) is 2. The molecule has 52 heavy (non-hydrogen) atoms. The molecule has 0 unspecified atom stereocenters. The number of fused-ring (bicyclic) bond motifs is 5. The van der Waals surface area contributed by atoms with Gasteiger partial charge in [0.2, 0.25) is 11.8 Å². The maximum atomic E-state index is 14.0. The van der Waals surface area contributed by atoms with Crippen LogP contribution in [0.2, 0.25) is 0 Å². The molecule has 4 aliphatic rings. The van der Waals surface area contributed by atoms with Crippen molar-refractivity contribution >= 4 is 34.8 Å². The van der Waals surface area contributed by atoms with Crippen LogP contribution in [-0.2, 0) is 25.5 Å². The van der Waals surface area contributed by atoms with Crippen molar-refractivity contribution in [2.75, 3.05) is 19.6 Å². The van der Waals surface area contributed by atoms with Crippen LogP contribution >= 0.6 is 0 Å². The van der Waals surface area contributed by atoms with E-state index in [1.165, 1.54) is 4.90 Å². The van der Waals surface area contributed by atoms with Crippen LogP contribution in [0.3, 0.4) is 0 Å². The number of nitrogens with zero attached hydrogens (tertiary/aromatic N) is 2. The van der Waals surface area contributed by atoms with Gasteiger partial charge in [0.25, 0.3) is 0 Å². The number of pyridine rings is 1. The summed E-state index contributed by atoms with van der Waals surface area (Å²) >= 11 is 0. The average Bonchev–Trinajstić information content (AvgIpc) is 3.66. The largest absolute Gasteiger partial charge is 0.490 e. The first kappa shape index (κ1) is 38.9. The second-order valence-electron chi connectivity index (χ2n) is 14.9. The van der Waals surface area contributed by atoms with Gasteiger partial charge in [0, 0.05) is 11.8 Å². The Morgan fingerprint density at radius 1 is 0.981 bits per heavy atom. The maximum absolute atomic E-state index is 14.0. The minimum atomic E-state index is -5.08. The van der Waals surface area contributed by atoms with Crippen molar-refractivity contribution in [3.05, 3.63) is 29.8 Å². The molecule has 4 heterocycles. The van der Waals surface area contributed by atoms with Crippen LogP contribution < -0.4 is 20.1 Å². The predicted molar refractivity (Wildman–Crippen MR) is 181 cm³/mol. The van der Waals surface area contributed by atoms with Crippen LogP contribution in [0.15, 0.2) is 24.3 Å². The van der Waals surface area contributed by atoms with Gasteiger partial charge in [-0.25, -0.2) is 19.4 Å². The van der Waals surface area contributed by atoms with Crippen molar-refractivity contribution in [2.24, 2.45) is 11.3 Å². The van der Waals surface area contributed by atoms with Gasteiger partial charge in [0.05, 0.1) is 17.6 Å². The predicted octanol–water partition coefficient (Wildman–Crippen LogP) is 5.08. The first-order chi connectivity index (χ1) is 24.5. The van der Waals surface area contributed by atoms with E-state index in [0.29, 0.717) is 18.2 Å². The van der Waals surface area contributed by atoms with Crippen molar-refractivity contribution < 1.29 is 56.8 Å². The molecule has 6 rings (SSSR count). The highest BCUT2D eigenvalue weighted by Gasteiger charge is 2.47. The number of hydrogen-bond donors (Lipinski definition) is 4. The van der Waals surface area contributed by atoms with Gasteiger partial charge in [0.1, 0.15) is 36.1 Å². The summed E-state index contributed by atoms with van der Waals surface area (Å²) in [5.41, 5.74) is 0.964. The molecular weight excluding hydrogens is 689 g/mol. The smallest absolute Gasteiger partial charge is 0.489 e. The molecule has 0 spiro atoms. The lowest BCUT2D eigenvalue weighted by atomic mass is 9.85. The number of carbonyl (C=O) groups excluding carboxylic acids is 2. The Morgan fingerprint density at radius 3 is 2.33 bits per heavy atom. The second-order valence-corrected chi connectivity index (χ2v) is 14.9. The lowest BCUT2D eigenvalue weighted by Crippen LogP contribution is -2.57. The molecular formula is C36H47F3N4O9. The van der Waals surface area contributed by atoms with E-state index in [4.69, 9.17) is 29.1 Å². The number of aromatic nitrogens is 1. The van der Waals surface area contributed by atoms with E-state index in [-0.39, 0.29) is 25.2 Å². The number of ether oxygens (including phenoxy) is 3. The minimum absolute atomic E-state index is 0.0578. The molecule has 13 nitrogen and oxygen atoms in total. The van der Waals surface area contributed by atoms with E-state index in [9.17, 15) is 32.7 Å². The van der Waals surface area contributed by atoms with Gasteiger partial charge in [-0.15, -0.1) is 0 Å². The number of aliphatic carboxylic acids is 2. The lowest BCUT2D eigenvalue weighted by Gasteiger charge is -2.34. The van der Waals surface area contributed by atoms with E-state index < -0.39 is 53.7 Å². The number of carboxylic acid groups (broad SMARTS) is 2. The number of amides is 2. The standard InChI is InChI=1S/C34H46N4O7.C2HF3O2/c1-34(2,3)29-31(39)38-19-22(18-26(38)32(40)41)44-30-24(11-6-4-5-9-20-17-27(20)45-33(42)37-29)28(43-21-13-15-35-16-14-21)23-10-7-8-12-25(23)36-30;3-2(4,5)1(6)7/h7-8,10,12,20-22,26-27,29,35H,4-6,9,11,13-19H2,1-3H3,(H,37,42)(H,40,41);(H,6,7)/t20-,22-,26+,27-,29-;/m1./s1. The maximum Gasteiger partial charge on any atom is 0.490 e. The Morgan fingerprint density at radius 2 is 1.67 bits per heavy atom. The molecule has 1 aromatic heterocycles. The molecule has 2 bridgehead atoms. The first-order valence-electron chi connectivity index (χ1n) is 17.8. The normalized spacial score (nSPS) is 26.2. The van der Waals surface area contributed by atoms with E-state index in [1.807, 2.05) is 45.0 Å². The van der Waals surface area contributed by atoms with Crippen LogP contribution in [-0.4, -0.2) is 100 Å². The Bertz CT molecular complexity index is 1630. The molecule has 1 saturated carbocycles. The zero-order valence-corrected chi connectivity index (χ0v) is 29.5. The molecule has 1 aromatic carbocycles. The Kier molecular flexibility index (Phi) is 12.1. The third kappa shape index (κ3) is 9.75. The van der Waals surface area contributed by atoms with Crippen LogP contribution in [0.4, 0.5) is 18.0 Å². The molecule has 5 atom stereocenters. The average molecular weight is 737 g/mol. The van der Waals surface area contributed by atoms with Gasteiger partial charge >= 0.3 is 24.2 Å². The number of alkyl halides is 3. The Hall–Kier alpha value is -4.34. The topological polar surface area (TPSA) is 177 Å². The highest BCUT2D eigenvalue weighted by atomic mass is 19.4. The summed E-state index contributed by atoms with van der Waals surface area (Å²) in [7, 11) is 0. The van der Waals surface area contributed by atoms with Gasteiger partial charge in [0.15, 0.2) is 0 Å². The van der Waals surface area contributed by atoms with Crippen molar-refractivity contribution in [1.29, 1.82) is 0 Å². The Balaban J connectivity index is 0.000000679. The SMILES string of the molecule is CC(C)(C)[C@@H]1NC(=O)O[C@@H]2C[C@H]2CCCCCc2c(nc3ccccc3c2OC2CCNCC2)O[C@@H]2C[C@@H](C(=O)O)N(C2)C1=O.O=C(O)C(F)(F)F. The Labute approximate surface area is 299 Å². The third-order valence-corrected chi connectivity index (χ3v) is 9.82. The van der Waals surface area contributed by atoms with E-state index >= 15 is 0 Å². The third-order valence-electron chi connectivity index (χ3n) is 9.82. The van der Waals surface area contributed by atoms with Gasteiger partial charge in [-0.3, -0.25) is 4.79 Å². The summed E-state index contributed by atoms with van der Waals surface area (Å²) in [6, 6.07) is 5.83. The van der Waals surface area contributed by atoms with E-state index in [2.05, 4.69) is 10.6 Å². The molecule has 2 aromatic rings. The summed E-state index contributed by atoms with van der Waals surface area (Å²) in [5, 5.41) is 24.4. The molecule has 16 heteroatoms. The molecule has 1 aliphatic carbocycles. The molecule has 2 saturated heterocycles. The molecule has 3 fully saturated rings. The van der Waals surface area contributed by atoms with E-state index in [1.54, 1.807) is 0 Å². The quantitative estimate of drug-likeness (QED) is 0.331. The lowest BCUT2D eigenvalue weighted by molar-refractivity contribution is -0.192. The first-order valence-corrected chi connectivity index (χ1v) is 17.8. The van der Waals surface area contributed by atoms with E-state index in [0.717, 1.165) is 80.3 Å². The van der Waals surface area contributed by atoms with Gasteiger partial charge in [-0.2, -0.15) is 13.2 Å². The minimum Gasteiger partial charge on any atom is -0.489 e. The second kappa shape index (κ2) is 16.1. The number of carboxylic acids is 2. The van der Waals surface area contributed by atoms with Crippen LogP contribution in [0, 0.1) is 11.3 Å². The van der Waals surface area contributed by atoms with Gasteiger partial charge in [-0.1, -0.05) is 45.7 Å². The number of carbonyl (C=O) groups is 4. The molecule has 2 amide bonds. The molecule has 3 aliphatic heterocycles. The summed E-state index contributed by atoms with van der Waals surface area (Å²) < 4.78 is 50.8. The zero-order valence-electron chi connectivity index (χ0n) is 29.5. The molecule has 286 valence electrons. The fraction of sp³-hybridized carbons (Fsp3) is 0.639. The van der Waals surface area contributed by atoms with Crippen molar-refractivity contribution in [2.45, 2.75) is 115 Å². The summed E-state index contributed by atoms with van der Waals surface area (Å²) in [6.07, 6.45) is 0.887. The highest BCUT2D eigenvalue weighted by Crippen LogP contribution is 2.41. The molecule has 0 radical (unpaired) electrons. The summed E-state index contributed by atoms with van der Waals surface area (Å²) in [6.45, 7) is 7.39. The van der Waals surface area contributed by atoms with Gasteiger partial charge in [-0.05, 0) is 75.1 Å². The van der Waals surface area contributed by atoms with Crippen molar-refractivity contribution in [1.82, 2.24) is 20.5 Å². The number of benzene rings is 1. The number of para-hydroxylation sites is 1. The zero-order chi connectivity index (χ0) is 37.8. The fourth-order valence-corrected chi connectivity index (χ4v) is 6.91. The summed E-state index contributed by atoms with van der Waals surface area (Å²) in [4.78, 5) is 54.5. The van der Waals surface area contributed by atoms with Gasteiger partial charge < -0.3 is 40.0 Å². The van der Waals surface area contributed by atoms with Crippen molar-refractivity contribution in [3.8, 4) is 11.6 Å². The number of alkyl carbamates (subject to hydrolysis) is 1. The van der Waals surface area contributed by atoms with Crippen LogP contribution in [0.25, 0.3) is 10.9 Å². The monoisotopic (exact) mass is 736 g/mol. The number of piperidine rings is 1. The molecule has 4 N–H and O–H groups in total. The summed E-state index contributed by atoms with van der Waals surface area (Å²) in [5.74, 6) is -2.78.